The predicted octanol–water partition coefficient (Wildman–Crippen LogP) is 0.392. The van der Waals surface area contributed by atoms with Crippen molar-refractivity contribution in [2.75, 3.05) is 0 Å². The monoisotopic (exact) mass is 208 g/mol. The first-order chi connectivity index (χ1) is 3.25. The second-order valence-corrected chi connectivity index (χ2v) is 2.33. The molecular formula is CHF3NiO3S. The molecule has 0 atom stereocenters. The van der Waals surface area contributed by atoms with E-state index in [1.807, 2.05) is 0 Å². The van der Waals surface area contributed by atoms with Gasteiger partial charge in [-0.05, 0) is 0 Å². The van der Waals surface area contributed by atoms with Crippen LogP contribution in [-0.2, 0) is 26.6 Å². The summed E-state index contributed by atoms with van der Waals surface area (Å²) in [6.07, 6.45) is 0. The third-order valence-electron chi connectivity index (χ3n) is 0.292. The average Bonchev–Trinajstić information content (AvgIpc) is 1.25. The first-order valence-corrected chi connectivity index (χ1v) is 2.73. The average molecular weight is 209 g/mol. The molecule has 60 valence electrons. The largest absolute Gasteiger partial charge is 0.522 e. The van der Waals surface area contributed by atoms with Crippen LogP contribution in [0.25, 0.3) is 0 Å². The molecule has 0 unspecified atom stereocenters. The van der Waals surface area contributed by atoms with E-state index in [2.05, 4.69) is 0 Å². The Balaban J connectivity index is 0. The van der Waals surface area contributed by atoms with E-state index >= 15 is 0 Å². The van der Waals surface area contributed by atoms with Gasteiger partial charge in [0, 0.05) is 16.5 Å². The Kier molecular flexibility index (Phi) is 3.78. The summed E-state index contributed by atoms with van der Waals surface area (Å²) in [4.78, 5) is 0. The van der Waals surface area contributed by atoms with Crippen LogP contribution in [0.1, 0.15) is 0 Å². The fourth-order valence-electron chi connectivity index (χ4n) is 0. The molecule has 0 fully saturated rings. The first-order valence-electron chi connectivity index (χ1n) is 1.29. The Morgan fingerprint density at radius 3 is 1.33 bits per heavy atom. The molecule has 0 spiro atoms. The van der Waals surface area contributed by atoms with E-state index in [0.717, 1.165) is 0 Å². The molecule has 0 heterocycles. The van der Waals surface area contributed by atoms with Crippen LogP contribution in [0, 0.1) is 0 Å². The predicted molar refractivity (Wildman–Crippen MR) is 17.6 cm³/mol. The van der Waals surface area contributed by atoms with E-state index in [-0.39, 0.29) is 16.5 Å². The van der Waals surface area contributed by atoms with Gasteiger partial charge in [0.2, 0.25) is 0 Å². The van der Waals surface area contributed by atoms with Gasteiger partial charge >= 0.3 is 15.6 Å². The van der Waals surface area contributed by atoms with Crippen molar-refractivity contribution in [3.05, 3.63) is 0 Å². The Bertz CT molecular complexity index is 168. The number of halogens is 3. The summed E-state index contributed by atoms with van der Waals surface area (Å²) in [5.74, 6) is 0. The Morgan fingerprint density at radius 1 is 1.22 bits per heavy atom. The van der Waals surface area contributed by atoms with Crippen LogP contribution in [0.3, 0.4) is 0 Å². The SMILES string of the molecule is O=S(=O)(O)C(F)(F)F.[Ni]. The van der Waals surface area contributed by atoms with Crippen molar-refractivity contribution in [3.8, 4) is 0 Å². The summed E-state index contributed by atoms with van der Waals surface area (Å²) < 4.78 is 57.5. The Morgan fingerprint density at radius 2 is 1.33 bits per heavy atom. The van der Waals surface area contributed by atoms with Crippen LogP contribution >= 0.6 is 0 Å². The molecule has 0 aromatic heterocycles. The van der Waals surface area contributed by atoms with Crippen LogP contribution < -0.4 is 0 Å². The van der Waals surface area contributed by atoms with Gasteiger partial charge in [0.05, 0.1) is 0 Å². The van der Waals surface area contributed by atoms with Crippen LogP contribution in [-0.4, -0.2) is 18.5 Å². The van der Waals surface area contributed by atoms with Gasteiger partial charge in [-0.1, -0.05) is 0 Å². The third-order valence-corrected chi connectivity index (χ3v) is 0.877. The first kappa shape index (κ1) is 11.9. The zero-order valence-electron chi connectivity index (χ0n) is 3.62. The zero-order chi connectivity index (χ0) is 7.00. The number of alkyl halides is 3. The van der Waals surface area contributed by atoms with E-state index in [4.69, 9.17) is 13.0 Å². The molecule has 0 saturated heterocycles. The molecule has 0 amide bonds. The van der Waals surface area contributed by atoms with Crippen LogP contribution in [0.4, 0.5) is 13.2 Å². The summed E-state index contributed by atoms with van der Waals surface area (Å²) in [5.41, 5.74) is -5.53. The van der Waals surface area contributed by atoms with E-state index in [9.17, 15) is 13.2 Å². The van der Waals surface area contributed by atoms with Gasteiger partial charge in [-0.3, -0.25) is 4.55 Å². The van der Waals surface area contributed by atoms with Gasteiger partial charge in [-0.15, -0.1) is 0 Å². The molecule has 0 aliphatic rings. The molecule has 0 radical (unpaired) electrons. The molecule has 1 N–H and O–H groups in total. The van der Waals surface area contributed by atoms with Crippen LogP contribution in [0.5, 0.6) is 0 Å². The minimum atomic E-state index is -5.84. The van der Waals surface area contributed by atoms with Crippen molar-refractivity contribution in [2.45, 2.75) is 5.51 Å². The van der Waals surface area contributed by atoms with Gasteiger partial charge in [-0.25, -0.2) is 0 Å². The van der Waals surface area contributed by atoms with Crippen molar-refractivity contribution >= 4 is 10.1 Å². The summed E-state index contributed by atoms with van der Waals surface area (Å²) in [6.45, 7) is 0. The topological polar surface area (TPSA) is 54.4 Å². The molecule has 0 rings (SSSR count). The summed E-state index contributed by atoms with van der Waals surface area (Å²) >= 11 is 0. The van der Waals surface area contributed by atoms with E-state index in [1.54, 1.807) is 0 Å². The quantitative estimate of drug-likeness (QED) is 0.356. The maximum absolute atomic E-state index is 10.7. The molecule has 0 bridgehead atoms. The van der Waals surface area contributed by atoms with Crippen LogP contribution in [0.15, 0.2) is 0 Å². The number of hydrogen-bond acceptors (Lipinski definition) is 2. The van der Waals surface area contributed by atoms with Gasteiger partial charge in [0.25, 0.3) is 0 Å². The molecule has 9 heavy (non-hydrogen) atoms. The molecule has 0 aliphatic carbocycles. The van der Waals surface area contributed by atoms with E-state index in [0.29, 0.717) is 0 Å². The maximum atomic E-state index is 10.7. The second kappa shape index (κ2) is 2.85. The fraction of sp³-hybridized carbons (Fsp3) is 1.00. The fourth-order valence-corrected chi connectivity index (χ4v) is 0. The molecule has 0 saturated carbocycles. The van der Waals surface area contributed by atoms with Gasteiger partial charge in [0.1, 0.15) is 0 Å². The Labute approximate surface area is 58.9 Å². The van der Waals surface area contributed by atoms with Crippen molar-refractivity contribution in [1.82, 2.24) is 0 Å². The van der Waals surface area contributed by atoms with Crippen molar-refractivity contribution in [2.24, 2.45) is 0 Å². The van der Waals surface area contributed by atoms with Crippen molar-refractivity contribution in [3.63, 3.8) is 0 Å². The van der Waals surface area contributed by atoms with E-state index < -0.39 is 15.6 Å². The van der Waals surface area contributed by atoms with Crippen LogP contribution in [0.2, 0.25) is 0 Å². The normalized spacial score (nSPS) is 12.4. The summed E-state index contributed by atoms with van der Waals surface area (Å²) in [6, 6.07) is 0. The van der Waals surface area contributed by atoms with Gasteiger partial charge in [0.15, 0.2) is 0 Å². The van der Waals surface area contributed by atoms with Crippen molar-refractivity contribution < 1.29 is 42.6 Å². The molecule has 0 aliphatic heterocycles. The standard InChI is InChI=1S/CHF3O3S.Ni/c2-1(3,4)8(5,6)7;/h(H,5,6,7);. The summed E-state index contributed by atoms with van der Waals surface area (Å²) in [5, 5.41) is 0. The minimum absolute atomic E-state index is 0. The molecule has 0 aromatic carbocycles. The molecule has 3 nitrogen and oxygen atoms in total. The molecule has 8 heteroatoms. The number of rotatable bonds is 0. The van der Waals surface area contributed by atoms with Gasteiger partial charge < -0.3 is 0 Å². The zero-order valence-corrected chi connectivity index (χ0v) is 5.43. The second-order valence-electron chi connectivity index (χ2n) is 0.921. The summed E-state index contributed by atoms with van der Waals surface area (Å²) in [7, 11) is -5.84. The smallest absolute Gasteiger partial charge is 0.279 e. The minimum Gasteiger partial charge on any atom is -0.279 e. The van der Waals surface area contributed by atoms with E-state index in [1.165, 1.54) is 0 Å². The molecular weight excluding hydrogens is 208 g/mol. The maximum Gasteiger partial charge on any atom is 0.522 e. The number of hydrogen-bond donors (Lipinski definition) is 1. The van der Waals surface area contributed by atoms with Crippen molar-refractivity contribution in [1.29, 1.82) is 0 Å². The third kappa shape index (κ3) is 3.72. The molecule has 0 aromatic rings. The Hall–Kier alpha value is 0.194. The van der Waals surface area contributed by atoms with Gasteiger partial charge in [-0.2, -0.15) is 21.6 Å².